The zero-order valence-electron chi connectivity index (χ0n) is 20.6. The fraction of sp³-hybridized carbons (Fsp3) is 0.296. The van der Waals surface area contributed by atoms with Crippen molar-refractivity contribution in [3.63, 3.8) is 0 Å². The van der Waals surface area contributed by atoms with Gasteiger partial charge in [-0.1, -0.05) is 36.4 Å². The van der Waals surface area contributed by atoms with Crippen LogP contribution in [0, 0.1) is 6.92 Å². The first-order chi connectivity index (χ1) is 17.4. The van der Waals surface area contributed by atoms with Gasteiger partial charge in [0.2, 0.25) is 5.91 Å². The number of halogens is 2. The smallest absolute Gasteiger partial charge is 0.395 e. The first-order valence-corrected chi connectivity index (χ1v) is 13.6. The van der Waals surface area contributed by atoms with Crippen molar-refractivity contribution in [1.29, 1.82) is 0 Å². The lowest BCUT2D eigenvalue weighted by Gasteiger charge is -2.36. The van der Waals surface area contributed by atoms with Crippen LogP contribution in [0.2, 0.25) is 0 Å². The van der Waals surface area contributed by atoms with Gasteiger partial charge in [-0.25, -0.2) is 4.31 Å². The SMILES string of the molecule is Cc1ccc(NC(=O)C2(c3ccc4c(c3)OC(F)(F)O4)CC2)cc1-c1ccc(CN(C)S(C)(O)O)cc1. The second-order valence-electron chi connectivity index (χ2n) is 9.67. The molecule has 1 fully saturated rings. The van der Waals surface area contributed by atoms with Gasteiger partial charge in [0.25, 0.3) is 0 Å². The number of aryl methyl sites for hydroxylation is 1. The third-order valence-electron chi connectivity index (χ3n) is 6.89. The molecule has 1 amide bonds. The van der Waals surface area contributed by atoms with E-state index in [2.05, 4.69) is 14.8 Å². The number of carbonyl (C=O) groups is 1. The van der Waals surface area contributed by atoms with Crippen molar-refractivity contribution in [3.05, 3.63) is 77.4 Å². The molecule has 0 bridgehead atoms. The molecule has 1 saturated carbocycles. The predicted molar refractivity (Wildman–Crippen MR) is 139 cm³/mol. The van der Waals surface area contributed by atoms with Gasteiger partial charge < -0.3 is 14.8 Å². The molecule has 1 heterocycles. The number of nitrogens with one attached hydrogen (secondary N) is 1. The Morgan fingerprint density at radius 3 is 2.35 bits per heavy atom. The molecule has 10 heteroatoms. The first-order valence-electron chi connectivity index (χ1n) is 11.7. The number of rotatable bonds is 7. The Bertz CT molecular complexity index is 1350. The van der Waals surface area contributed by atoms with Crippen LogP contribution in [-0.4, -0.2) is 38.9 Å². The maximum Gasteiger partial charge on any atom is 0.586 e. The van der Waals surface area contributed by atoms with Gasteiger partial charge in [0.15, 0.2) is 11.5 Å². The lowest BCUT2D eigenvalue weighted by Crippen LogP contribution is -2.28. The van der Waals surface area contributed by atoms with E-state index in [0.29, 0.717) is 30.6 Å². The van der Waals surface area contributed by atoms with Crippen LogP contribution in [0.4, 0.5) is 14.5 Å². The number of fused-ring (bicyclic) bond motifs is 1. The number of carbonyl (C=O) groups excluding carboxylic acids is 1. The summed E-state index contributed by atoms with van der Waals surface area (Å²) in [6.45, 7) is 2.38. The second-order valence-corrected chi connectivity index (χ2v) is 11.9. The lowest BCUT2D eigenvalue weighted by atomic mass is 9.94. The molecule has 3 N–H and O–H groups in total. The van der Waals surface area contributed by atoms with E-state index in [-0.39, 0.29) is 17.4 Å². The molecule has 2 aliphatic rings. The zero-order valence-corrected chi connectivity index (χ0v) is 21.4. The summed E-state index contributed by atoms with van der Waals surface area (Å²) in [6.07, 6.45) is -1.11. The maximum atomic E-state index is 13.4. The summed E-state index contributed by atoms with van der Waals surface area (Å²) in [7, 11) is -1.12. The maximum absolute atomic E-state index is 13.4. The summed E-state index contributed by atoms with van der Waals surface area (Å²) in [4.78, 5) is 13.3. The largest absolute Gasteiger partial charge is 0.586 e. The van der Waals surface area contributed by atoms with E-state index >= 15 is 0 Å². The minimum atomic E-state index is -3.70. The third-order valence-corrected chi connectivity index (χ3v) is 8.20. The van der Waals surface area contributed by atoms with Gasteiger partial charge in [0, 0.05) is 25.5 Å². The molecule has 0 saturated heterocycles. The van der Waals surface area contributed by atoms with Crippen molar-refractivity contribution in [1.82, 2.24) is 4.31 Å². The van der Waals surface area contributed by atoms with Gasteiger partial charge in [-0.3, -0.25) is 13.9 Å². The molecule has 7 nitrogen and oxygen atoms in total. The minimum Gasteiger partial charge on any atom is -0.395 e. The number of benzene rings is 3. The van der Waals surface area contributed by atoms with Gasteiger partial charge in [-0.2, -0.15) is 0 Å². The Hall–Kier alpha value is -3.18. The highest BCUT2D eigenvalue weighted by Crippen LogP contribution is 2.52. The average molecular weight is 531 g/mol. The highest BCUT2D eigenvalue weighted by molar-refractivity contribution is 8.21. The van der Waals surface area contributed by atoms with Crippen LogP contribution in [0.1, 0.15) is 29.5 Å². The van der Waals surface area contributed by atoms with E-state index in [9.17, 15) is 22.7 Å². The number of alkyl halides is 2. The standard InChI is InChI=1S/C27H28F2N2O5S/c1-17-4-10-21(15-22(17)19-7-5-18(6-8-19)16-31(2)37(3,33)34)30-25(32)26(12-13-26)20-9-11-23-24(14-20)36-27(28,29)35-23/h4-11,14-15,33-34H,12-13,16H2,1-3H3,(H,30,32). The third kappa shape index (κ3) is 5.15. The number of ether oxygens (including phenoxy) is 2. The van der Waals surface area contributed by atoms with Crippen LogP contribution in [-0.2, 0) is 16.8 Å². The molecule has 1 aliphatic heterocycles. The van der Waals surface area contributed by atoms with Crippen molar-refractivity contribution in [2.45, 2.75) is 38.0 Å². The molecule has 0 aromatic heterocycles. The number of nitrogens with zero attached hydrogens (tertiary/aromatic N) is 1. The van der Waals surface area contributed by atoms with Crippen molar-refractivity contribution in [2.24, 2.45) is 0 Å². The van der Waals surface area contributed by atoms with E-state index in [0.717, 1.165) is 22.3 Å². The van der Waals surface area contributed by atoms with E-state index < -0.39 is 22.5 Å². The summed E-state index contributed by atoms with van der Waals surface area (Å²) >= 11 is 0. The Kier molecular flexibility index (Phi) is 6.18. The molecular weight excluding hydrogens is 502 g/mol. The van der Waals surface area contributed by atoms with E-state index in [1.165, 1.54) is 22.7 Å². The fourth-order valence-corrected chi connectivity index (χ4v) is 4.84. The average Bonchev–Trinajstić information content (AvgIpc) is 3.57. The van der Waals surface area contributed by atoms with E-state index in [1.54, 1.807) is 13.1 Å². The van der Waals surface area contributed by atoms with Crippen molar-refractivity contribution >= 4 is 22.4 Å². The highest BCUT2D eigenvalue weighted by atomic mass is 32.3. The number of hydrogen-bond donors (Lipinski definition) is 3. The van der Waals surface area contributed by atoms with E-state index in [4.69, 9.17) is 0 Å². The second kappa shape index (κ2) is 8.98. The molecule has 1 aliphatic carbocycles. The molecule has 0 atom stereocenters. The molecule has 3 aromatic carbocycles. The fourth-order valence-electron chi connectivity index (χ4n) is 4.45. The molecular formula is C27H28F2N2O5S. The van der Waals surface area contributed by atoms with Crippen LogP contribution >= 0.6 is 10.8 Å². The quantitative estimate of drug-likeness (QED) is 0.328. The Morgan fingerprint density at radius 1 is 1.03 bits per heavy atom. The van der Waals surface area contributed by atoms with Crippen molar-refractivity contribution in [2.75, 3.05) is 18.6 Å². The Labute approximate surface area is 215 Å². The summed E-state index contributed by atoms with van der Waals surface area (Å²) < 4.78 is 57.0. The summed E-state index contributed by atoms with van der Waals surface area (Å²) in [5.74, 6) is -0.323. The Morgan fingerprint density at radius 2 is 1.70 bits per heavy atom. The number of anilines is 1. The van der Waals surface area contributed by atoms with Gasteiger partial charge in [-0.05, 0) is 71.8 Å². The molecule has 3 aromatic rings. The van der Waals surface area contributed by atoms with Crippen LogP contribution in [0.3, 0.4) is 0 Å². The molecule has 0 radical (unpaired) electrons. The van der Waals surface area contributed by atoms with Gasteiger partial charge in [-0.15, -0.1) is 19.6 Å². The predicted octanol–water partition coefficient (Wildman–Crippen LogP) is 6.38. The van der Waals surface area contributed by atoms with E-state index in [1.807, 2.05) is 49.4 Å². The topological polar surface area (TPSA) is 91.3 Å². The first kappa shape index (κ1) is 25.5. The molecule has 0 spiro atoms. The molecule has 196 valence electrons. The number of amides is 1. The van der Waals surface area contributed by atoms with Crippen LogP contribution < -0.4 is 14.8 Å². The van der Waals surface area contributed by atoms with Crippen LogP contribution in [0.5, 0.6) is 11.5 Å². The summed E-state index contributed by atoms with van der Waals surface area (Å²) in [5.41, 5.74) is 4.32. The summed E-state index contributed by atoms with van der Waals surface area (Å²) in [5, 5.41) is 3.00. The molecule has 5 rings (SSSR count). The highest BCUT2D eigenvalue weighted by Gasteiger charge is 2.52. The zero-order chi connectivity index (χ0) is 26.6. The minimum absolute atomic E-state index is 0.0474. The lowest BCUT2D eigenvalue weighted by molar-refractivity contribution is -0.286. The van der Waals surface area contributed by atoms with Crippen LogP contribution in [0.15, 0.2) is 60.7 Å². The van der Waals surface area contributed by atoms with Crippen molar-refractivity contribution < 1.29 is 32.2 Å². The number of hydrogen-bond acceptors (Lipinski definition) is 6. The molecule has 37 heavy (non-hydrogen) atoms. The van der Waals surface area contributed by atoms with Gasteiger partial charge in [0.05, 0.1) is 5.41 Å². The normalized spacial score (nSPS) is 17.5. The van der Waals surface area contributed by atoms with Gasteiger partial charge >= 0.3 is 6.29 Å². The molecule has 0 unspecified atom stereocenters. The Balaban J connectivity index is 1.33. The summed E-state index contributed by atoms with van der Waals surface area (Å²) in [6, 6.07) is 18.0. The van der Waals surface area contributed by atoms with Crippen LogP contribution in [0.25, 0.3) is 11.1 Å². The monoisotopic (exact) mass is 530 g/mol. The van der Waals surface area contributed by atoms with Crippen molar-refractivity contribution in [3.8, 4) is 22.6 Å². The van der Waals surface area contributed by atoms with Gasteiger partial charge in [0.1, 0.15) is 0 Å².